The molecule has 1 aromatic rings. The molecule has 1 aromatic heterocycles. The molecule has 1 amide bonds. The van der Waals surface area contributed by atoms with Crippen molar-refractivity contribution in [3.63, 3.8) is 0 Å². The normalized spacial score (nSPS) is 20.2. The van der Waals surface area contributed by atoms with Gasteiger partial charge in [0.1, 0.15) is 0 Å². The molecule has 0 aromatic carbocycles. The van der Waals surface area contributed by atoms with Crippen molar-refractivity contribution >= 4 is 23.2 Å². The number of carbonyl (C=O) groups is 2. The van der Waals surface area contributed by atoms with Crippen molar-refractivity contribution in [2.75, 3.05) is 6.54 Å². The van der Waals surface area contributed by atoms with E-state index < -0.39 is 12.1 Å². The van der Waals surface area contributed by atoms with Crippen LogP contribution in [0.25, 0.3) is 0 Å². The van der Waals surface area contributed by atoms with E-state index in [0.717, 1.165) is 24.3 Å². The third kappa shape index (κ3) is 5.86. The third-order valence-corrected chi connectivity index (χ3v) is 5.04. The minimum atomic E-state index is -5.08. The van der Waals surface area contributed by atoms with Gasteiger partial charge < -0.3 is 15.7 Å². The number of alkyl halides is 3. The van der Waals surface area contributed by atoms with E-state index in [1.807, 2.05) is 6.07 Å². The Hall–Kier alpha value is -1.87. The van der Waals surface area contributed by atoms with Gasteiger partial charge in [-0.05, 0) is 44.4 Å². The second-order valence-corrected chi connectivity index (χ2v) is 6.88. The van der Waals surface area contributed by atoms with Crippen molar-refractivity contribution in [3.8, 4) is 0 Å². The van der Waals surface area contributed by atoms with Crippen LogP contribution < -0.4 is 10.6 Å². The monoisotopic (exact) mass is 376 g/mol. The van der Waals surface area contributed by atoms with E-state index in [4.69, 9.17) is 9.90 Å². The van der Waals surface area contributed by atoms with E-state index in [1.165, 1.54) is 17.7 Å². The first-order valence-electron chi connectivity index (χ1n) is 7.86. The Labute approximate surface area is 146 Å². The van der Waals surface area contributed by atoms with Crippen LogP contribution in [0.5, 0.6) is 0 Å². The molecule has 0 saturated carbocycles. The molecule has 1 saturated heterocycles. The first-order valence-corrected chi connectivity index (χ1v) is 8.68. The summed E-state index contributed by atoms with van der Waals surface area (Å²) in [6, 6.07) is 4.81. The summed E-state index contributed by atoms with van der Waals surface area (Å²) in [5, 5.41) is 13.7. The fourth-order valence-corrected chi connectivity index (χ4v) is 3.60. The fraction of sp³-hybridized carbons (Fsp3) is 0.500. The van der Waals surface area contributed by atoms with Crippen LogP contribution in [0.15, 0.2) is 24.3 Å². The quantitative estimate of drug-likeness (QED) is 0.708. The molecule has 1 fully saturated rings. The van der Waals surface area contributed by atoms with Gasteiger partial charge in [0.05, 0.1) is 4.88 Å². The molecular formula is C16H19F3N2O3S. The lowest BCUT2D eigenvalue weighted by atomic mass is 10.2. The molecule has 138 valence electrons. The molecule has 1 aliphatic carbocycles. The summed E-state index contributed by atoms with van der Waals surface area (Å²) >= 11 is 1.63. The van der Waals surface area contributed by atoms with E-state index in [9.17, 15) is 18.0 Å². The molecule has 25 heavy (non-hydrogen) atoms. The SMILES string of the molecule is O=C(NC1CC=CC1)c1ccc(C2CCCN2)s1.O=C(O)C(F)(F)F. The third-order valence-electron chi connectivity index (χ3n) is 3.84. The van der Waals surface area contributed by atoms with E-state index in [1.54, 1.807) is 11.3 Å². The molecule has 9 heteroatoms. The maximum Gasteiger partial charge on any atom is 0.490 e. The molecule has 2 heterocycles. The minimum absolute atomic E-state index is 0.0814. The number of hydrogen-bond acceptors (Lipinski definition) is 4. The molecule has 1 aliphatic heterocycles. The number of halogens is 3. The lowest BCUT2D eigenvalue weighted by Gasteiger charge is -2.10. The summed E-state index contributed by atoms with van der Waals surface area (Å²) in [7, 11) is 0. The average molecular weight is 376 g/mol. The number of rotatable bonds is 3. The molecule has 0 spiro atoms. The average Bonchev–Trinajstić information content (AvgIpc) is 3.28. The van der Waals surface area contributed by atoms with Crippen LogP contribution >= 0.6 is 11.3 Å². The zero-order valence-corrected chi connectivity index (χ0v) is 14.1. The zero-order valence-electron chi connectivity index (χ0n) is 13.3. The lowest BCUT2D eigenvalue weighted by molar-refractivity contribution is -0.192. The number of aliphatic carboxylic acids is 1. The van der Waals surface area contributed by atoms with Gasteiger partial charge in [-0.25, -0.2) is 4.79 Å². The largest absolute Gasteiger partial charge is 0.490 e. The zero-order chi connectivity index (χ0) is 18.4. The molecule has 1 atom stereocenters. The predicted molar refractivity (Wildman–Crippen MR) is 87.6 cm³/mol. The highest BCUT2D eigenvalue weighted by Gasteiger charge is 2.38. The molecule has 0 bridgehead atoms. The summed E-state index contributed by atoms with van der Waals surface area (Å²) in [4.78, 5) is 23.1. The highest BCUT2D eigenvalue weighted by molar-refractivity contribution is 7.14. The summed E-state index contributed by atoms with van der Waals surface area (Å²) in [5.74, 6) is -2.68. The Morgan fingerprint density at radius 1 is 1.24 bits per heavy atom. The second kappa shape index (κ2) is 8.48. The molecule has 2 aliphatic rings. The minimum Gasteiger partial charge on any atom is -0.475 e. The Balaban J connectivity index is 0.000000277. The maximum atomic E-state index is 12.1. The van der Waals surface area contributed by atoms with Crippen LogP contribution in [0.1, 0.15) is 46.3 Å². The Kier molecular flexibility index (Phi) is 6.60. The number of carboxylic acids is 1. The second-order valence-electron chi connectivity index (χ2n) is 5.77. The Bertz CT molecular complexity index is 629. The van der Waals surface area contributed by atoms with Gasteiger partial charge in [0.15, 0.2) is 0 Å². The predicted octanol–water partition coefficient (Wildman–Crippen LogP) is 3.25. The molecule has 0 radical (unpaired) electrons. The van der Waals surface area contributed by atoms with E-state index in [0.29, 0.717) is 12.1 Å². The van der Waals surface area contributed by atoms with Crippen molar-refractivity contribution in [1.82, 2.24) is 10.6 Å². The van der Waals surface area contributed by atoms with Crippen molar-refractivity contribution in [3.05, 3.63) is 34.0 Å². The first kappa shape index (κ1) is 19.5. The van der Waals surface area contributed by atoms with Crippen LogP contribution in [-0.2, 0) is 4.79 Å². The van der Waals surface area contributed by atoms with Gasteiger partial charge in [-0.1, -0.05) is 12.2 Å². The first-order chi connectivity index (χ1) is 11.8. The van der Waals surface area contributed by atoms with Gasteiger partial charge in [-0.2, -0.15) is 13.2 Å². The molecule has 1 unspecified atom stereocenters. The van der Waals surface area contributed by atoms with Gasteiger partial charge in [0.25, 0.3) is 5.91 Å². The van der Waals surface area contributed by atoms with Crippen molar-refractivity contribution in [1.29, 1.82) is 0 Å². The Morgan fingerprint density at radius 2 is 1.88 bits per heavy atom. The lowest BCUT2D eigenvalue weighted by Crippen LogP contribution is -2.32. The number of thiophene rings is 1. The van der Waals surface area contributed by atoms with Crippen molar-refractivity contribution < 1.29 is 27.9 Å². The van der Waals surface area contributed by atoms with E-state index in [2.05, 4.69) is 28.9 Å². The highest BCUT2D eigenvalue weighted by Crippen LogP contribution is 2.29. The molecule has 3 N–H and O–H groups in total. The van der Waals surface area contributed by atoms with Gasteiger partial charge in [0, 0.05) is 17.0 Å². The number of nitrogens with one attached hydrogen (secondary N) is 2. The fourth-order valence-electron chi connectivity index (χ4n) is 2.58. The van der Waals surface area contributed by atoms with Gasteiger partial charge in [-0.15, -0.1) is 11.3 Å². The van der Waals surface area contributed by atoms with Gasteiger partial charge >= 0.3 is 12.1 Å². The van der Waals surface area contributed by atoms with Gasteiger partial charge in [0.2, 0.25) is 0 Å². The van der Waals surface area contributed by atoms with Gasteiger partial charge in [-0.3, -0.25) is 4.79 Å². The van der Waals surface area contributed by atoms with Crippen molar-refractivity contribution in [2.45, 2.75) is 43.9 Å². The summed E-state index contributed by atoms with van der Waals surface area (Å²) < 4.78 is 31.7. The number of amides is 1. The number of carboxylic acid groups (broad SMARTS) is 1. The highest BCUT2D eigenvalue weighted by atomic mass is 32.1. The molecule has 3 rings (SSSR count). The van der Waals surface area contributed by atoms with Crippen LogP contribution in [0.2, 0.25) is 0 Å². The summed E-state index contributed by atoms with van der Waals surface area (Å²) in [6.07, 6.45) is 3.54. The van der Waals surface area contributed by atoms with Crippen molar-refractivity contribution in [2.24, 2.45) is 0 Å². The number of hydrogen-bond donors (Lipinski definition) is 3. The van der Waals surface area contributed by atoms with E-state index in [-0.39, 0.29) is 5.91 Å². The van der Waals surface area contributed by atoms with Crippen LogP contribution in [0.3, 0.4) is 0 Å². The Morgan fingerprint density at radius 3 is 2.40 bits per heavy atom. The number of carbonyl (C=O) groups excluding carboxylic acids is 1. The maximum absolute atomic E-state index is 12.1. The standard InChI is InChI=1S/C14H18N2OS.C2HF3O2/c17-14(16-10-4-1-2-5-10)13-8-7-12(18-13)11-6-3-9-15-11;3-2(4,5)1(6)7/h1-2,7-8,10-11,15H,3-6,9H2,(H,16,17);(H,6,7). The van der Waals surface area contributed by atoms with Crippen LogP contribution in [-0.4, -0.2) is 35.7 Å². The summed E-state index contributed by atoms with van der Waals surface area (Å²) in [5.41, 5.74) is 0. The van der Waals surface area contributed by atoms with Crippen LogP contribution in [0, 0.1) is 0 Å². The van der Waals surface area contributed by atoms with Crippen LogP contribution in [0.4, 0.5) is 13.2 Å². The topological polar surface area (TPSA) is 78.4 Å². The van der Waals surface area contributed by atoms with E-state index >= 15 is 0 Å². The molecular weight excluding hydrogens is 357 g/mol. The smallest absolute Gasteiger partial charge is 0.475 e. The summed E-state index contributed by atoms with van der Waals surface area (Å²) in [6.45, 7) is 1.10. The molecule has 5 nitrogen and oxygen atoms in total.